The molecule has 0 atom stereocenters. The summed E-state index contributed by atoms with van der Waals surface area (Å²) in [6.07, 6.45) is 0. The molecule has 1 radical (unpaired) electrons. The second-order valence-electron chi connectivity index (χ2n) is 2.12. The molecule has 0 saturated heterocycles. The van der Waals surface area contributed by atoms with Crippen molar-refractivity contribution in [2.45, 2.75) is 0 Å². The van der Waals surface area contributed by atoms with Crippen LogP contribution in [0.5, 0.6) is 0 Å². The van der Waals surface area contributed by atoms with Crippen molar-refractivity contribution in [3.8, 4) is 0 Å². The van der Waals surface area contributed by atoms with Gasteiger partial charge in [0, 0.05) is 0 Å². The van der Waals surface area contributed by atoms with Crippen LogP contribution in [-0.4, -0.2) is 8.42 Å². The van der Waals surface area contributed by atoms with E-state index < -0.39 is 10.0 Å². The molecule has 12 heavy (non-hydrogen) atoms. The van der Waals surface area contributed by atoms with Crippen molar-refractivity contribution in [3.05, 3.63) is 46.6 Å². The second-order valence-corrected chi connectivity index (χ2v) is 3.53. The molecule has 0 aliphatic carbocycles. The van der Waals surface area contributed by atoms with E-state index in [0.29, 0.717) is 5.56 Å². The molecule has 0 bridgehead atoms. The van der Waals surface area contributed by atoms with Gasteiger partial charge in [0.15, 0.2) is 0 Å². The Morgan fingerprint density at radius 2 is 1.75 bits per heavy atom. The van der Waals surface area contributed by atoms with Gasteiger partial charge in [-0.05, 0) is 5.56 Å². The number of rotatable bonds is 3. The van der Waals surface area contributed by atoms with E-state index in [2.05, 4.69) is 0 Å². The van der Waals surface area contributed by atoms with E-state index in [1.54, 1.807) is 30.3 Å². The predicted molar refractivity (Wildman–Crippen MR) is 44.6 cm³/mol. The largest absolute Gasteiger partial charge is 0.296 e. The Morgan fingerprint density at radius 3 is 2.25 bits per heavy atom. The minimum atomic E-state index is -3.93. The summed E-state index contributed by atoms with van der Waals surface area (Å²) in [5.74, 6) is 0.819. The van der Waals surface area contributed by atoms with Gasteiger partial charge in [-0.15, -0.1) is 4.91 Å². The molecule has 0 fully saturated rings. The smallest absolute Gasteiger partial charge is 0.201 e. The van der Waals surface area contributed by atoms with E-state index in [1.165, 1.54) is 0 Å². The summed E-state index contributed by atoms with van der Waals surface area (Å²) in [6, 6.07) is 8.24. The number of nitrogens with zero attached hydrogens (tertiary/aromatic N) is 1. The highest BCUT2D eigenvalue weighted by Crippen LogP contribution is 2.08. The molecule has 0 spiro atoms. The molecular weight excluding hydrogens is 178 g/mol. The maximum Gasteiger partial charge on any atom is 0.296 e. The number of benzene rings is 1. The zero-order chi connectivity index (χ0) is 9.03. The lowest BCUT2D eigenvalue weighted by Crippen LogP contribution is -1.95. The first-order chi connectivity index (χ1) is 5.64. The average molecular weight is 184 g/mol. The third-order valence-electron chi connectivity index (χ3n) is 1.19. The summed E-state index contributed by atoms with van der Waals surface area (Å²) in [4.78, 5) is 9.76. The van der Waals surface area contributed by atoms with Gasteiger partial charge >= 0.3 is 0 Å². The van der Waals surface area contributed by atoms with Crippen molar-refractivity contribution in [2.24, 2.45) is 4.58 Å². The fourth-order valence-electron chi connectivity index (χ4n) is 0.725. The van der Waals surface area contributed by atoms with Gasteiger partial charge in [0.05, 0.1) is 4.58 Å². The Balaban J connectivity index is 2.85. The van der Waals surface area contributed by atoms with Crippen LogP contribution in [0.1, 0.15) is 5.56 Å². The molecule has 4 nitrogen and oxygen atoms in total. The Bertz CT molecular complexity index is 357. The third-order valence-corrected chi connectivity index (χ3v) is 1.97. The molecule has 0 N–H and O–H groups in total. The fraction of sp³-hybridized carbons (Fsp3) is 0. The van der Waals surface area contributed by atoms with E-state index in [-0.39, 0.29) is 0 Å². The molecule has 0 aliphatic rings. The average Bonchev–Trinajstić information content (AvgIpc) is 2.06. The number of nitroso groups, excluding NO2 is 1. The summed E-state index contributed by atoms with van der Waals surface area (Å²) in [5.41, 5.74) is 0.442. The van der Waals surface area contributed by atoms with Gasteiger partial charge in [-0.1, -0.05) is 30.3 Å². The normalized spacial score (nSPS) is 11.0. The lowest BCUT2D eigenvalue weighted by atomic mass is 10.2. The number of hydrogen-bond donors (Lipinski definition) is 0. The summed E-state index contributed by atoms with van der Waals surface area (Å²) in [5, 5.41) is 0. The monoisotopic (exact) mass is 184 g/mol. The van der Waals surface area contributed by atoms with Gasteiger partial charge in [-0.2, -0.15) is 0 Å². The first-order valence-electron chi connectivity index (χ1n) is 3.13. The fourth-order valence-corrected chi connectivity index (χ4v) is 1.27. The summed E-state index contributed by atoms with van der Waals surface area (Å²) in [6.45, 7) is 0. The van der Waals surface area contributed by atoms with E-state index in [1.807, 2.05) is 4.58 Å². The molecule has 0 saturated carbocycles. The number of hydrogen-bond acceptors (Lipinski definition) is 3. The summed E-state index contributed by atoms with van der Waals surface area (Å²) < 4.78 is 23.3. The highest BCUT2D eigenvalue weighted by Gasteiger charge is 2.10. The lowest BCUT2D eigenvalue weighted by Gasteiger charge is -1.93. The summed E-state index contributed by atoms with van der Waals surface area (Å²) in [7, 11) is -3.93. The van der Waals surface area contributed by atoms with Gasteiger partial charge in [-0.3, -0.25) is 0 Å². The molecule has 63 valence electrons. The molecule has 1 aromatic rings. The predicted octanol–water partition coefficient (Wildman–Crippen LogP) is 1.29. The van der Waals surface area contributed by atoms with E-state index in [4.69, 9.17) is 0 Å². The van der Waals surface area contributed by atoms with Crippen LogP contribution >= 0.6 is 0 Å². The van der Waals surface area contributed by atoms with Crippen LogP contribution < -0.4 is 0 Å². The van der Waals surface area contributed by atoms with Crippen LogP contribution in [0.4, 0.5) is 0 Å². The first-order valence-corrected chi connectivity index (χ1v) is 4.64. The SMILES string of the molecule is O=NS(=O)(=O)[CH]c1ccccc1. The van der Waals surface area contributed by atoms with E-state index in [9.17, 15) is 13.3 Å². The molecule has 0 aromatic heterocycles. The van der Waals surface area contributed by atoms with Gasteiger partial charge in [-0.25, -0.2) is 8.42 Å². The molecule has 5 heteroatoms. The van der Waals surface area contributed by atoms with Crippen molar-refractivity contribution >= 4 is 10.0 Å². The molecular formula is C7H6NO3S. The standard InChI is InChI=1S/C7H6NO3S/c9-8-12(10,11)6-7-4-2-1-3-5-7/h1-6H. The topological polar surface area (TPSA) is 63.6 Å². The molecule has 0 heterocycles. The second kappa shape index (κ2) is 3.44. The van der Waals surface area contributed by atoms with Crippen LogP contribution in [0.2, 0.25) is 0 Å². The van der Waals surface area contributed by atoms with Crippen molar-refractivity contribution in [1.82, 2.24) is 0 Å². The summed E-state index contributed by atoms with van der Waals surface area (Å²) >= 11 is 0. The Morgan fingerprint density at radius 1 is 1.17 bits per heavy atom. The maximum absolute atomic E-state index is 10.6. The number of sulfonamides is 1. The van der Waals surface area contributed by atoms with Gasteiger partial charge < -0.3 is 0 Å². The van der Waals surface area contributed by atoms with Crippen molar-refractivity contribution < 1.29 is 8.42 Å². The van der Waals surface area contributed by atoms with E-state index >= 15 is 0 Å². The zero-order valence-electron chi connectivity index (χ0n) is 6.04. The molecule has 0 aliphatic heterocycles. The molecule has 1 rings (SSSR count). The van der Waals surface area contributed by atoms with Gasteiger partial charge in [0.2, 0.25) is 0 Å². The van der Waals surface area contributed by atoms with Crippen molar-refractivity contribution in [1.29, 1.82) is 0 Å². The first kappa shape index (κ1) is 8.86. The van der Waals surface area contributed by atoms with Gasteiger partial charge in [0.1, 0.15) is 5.75 Å². The minimum Gasteiger partial charge on any atom is -0.201 e. The molecule has 0 unspecified atom stereocenters. The Labute approximate surface area is 70.3 Å². The van der Waals surface area contributed by atoms with Crippen LogP contribution in [-0.2, 0) is 10.0 Å². The van der Waals surface area contributed by atoms with Crippen LogP contribution in [0, 0.1) is 10.7 Å². The lowest BCUT2D eigenvalue weighted by molar-refractivity contribution is 0.603. The molecule has 0 amide bonds. The molecule has 1 aromatic carbocycles. The Hall–Kier alpha value is -1.23. The Kier molecular flexibility index (Phi) is 2.54. The van der Waals surface area contributed by atoms with Crippen molar-refractivity contribution in [3.63, 3.8) is 0 Å². The minimum absolute atomic E-state index is 0.442. The maximum atomic E-state index is 10.6. The quantitative estimate of drug-likeness (QED) is 0.665. The van der Waals surface area contributed by atoms with Gasteiger partial charge in [0.25, 0.3) is 10.0 Å². The highest BCUT2D eigenvalue weighted by molar-refractivity contribution is 7.92. The van der Waals surface area contributed by atoms with Crippen molar-refractivity contribution in [2.75, 3.05) is 0 Å². The van der Waals surface area contributed by atoms with E-state index in [0.717, 1.165) is 5.75 Å². The van der Waals surface area contributed by atoms with Crippen LogP contribution in [0.25, 0.3) is 0 Å². The van der Waals surface area contributed by atoms with Crippen LogP contribution in [0.3, 0.4) is 0 Å². The van der Waals surface area contributed by atoms with Crippen LogP contribution in [0.15, 0.2) is 34.9 Å². The zero-order valence-corrected chi connectivity index (χ0v) is 6.86. The highest BCUT2D eigenvalue weighted by atomic mass is 32.2. The third kappa shape index (κ3) is 2.43.